The van der Waals surface area contributed by atoms with Gasteiger partial charge in [0.15, 0.2) is 0 Å². The number of alkyl halides is 3. The predicted octanol–water partition coefficient (Wildman–Crippen LogP) is 4.69. The molecule has 1 saturated heterocycles. The Morgan fingerprint density at radius 1 is 1.20 bits per heavy atom. The van der Waals surface area contributed by atoms with Crippen LogP contribution in [-0.2, 0) is 10.9 Å². The van der Waals surface area contributed by atoms with Crippen LogP contribution >= 0.6 is 0 Å². The van der Waals surface area contributed by atoms with Crippen molar-refractivity contribution in [3.63, 3.8) is 0 Å². The number of phenols is 1. The number of ether oxygens (including phenoxy) is 1. The van der Waals surface area contributed by atoms with Gasteiger partial charge in [0, 0.05) is 20.2 Å². The number of carbonyl (C=O) groups excluding carboxylic acids is 1. The lowest BCUT2D eigenvalue weighted by molar-refractivity contribution is -0.137. The molecular formula is C22H25F3N2O3. The number of hydrogen-bond acceptors (Lipinski definition) is 3. The zero-order valence-corrected chi connectivity index (χ0v) is 16.7. The molecule has 1 unspecified atom stereocenters. The second kappa shape index (κ2) is 9.38. The molecule has 1 atom stereocenters. The number of likely N-dealkylation sites (tertiary alicyclic amines) is 1. The first-order valence-corrected chi connectivity index (χ1v) is 9.78. The molecule has 2 N–H and O–H groups in total. The monoisotopic (exact) mass is 422 g/mol. The van der Waals surface area contributed by atoms with Crippen molar-refractivity contribution in [2.45, 2.75) is 31.0 Å². The molecule has 2 aromatic carbocycles. The van der Waals surface area contributed by atoms with Crippen LogP contribution in [-0.4, -0.2) is 42.8 Å². The Balaban J connectivity index is 1.63. The molecule has 0 saturated carbocycles. The number of methoxy groups -OCH3 is 1. The van der Waals surface area contributed by atoms with Gasteiger partial charge in [0.2, 0.25) is 0 Å². The third-order valence-corrected chi connectivity index (χ3v) is 5.39. The van der Waals surface area contributed by atoms with Crippen LogP contribution in [0.25, 0.3) is 0 Å². The number of amides is 2. The number of halogens is 3. The SMILES string of the molecule is COCC(NC(=O)N1CCC(c2ccc(O)cc2)CC1)c1cccc(C(F)(F)F)c1. The van der Waals surface area contributed by atoms with Crippen molar-refractivity contribution in [3.05, 3.63) is 65.2 Å². The Hall–Kier alpha value is -2.74. The highest BCUT2D eigenvalue weighted by atomic mass is 19.4. The highest BCUT2D eigenvalue weighted by Crippen LogP contribution is 2.31. The van der Waals surface area contributed by atoms with E-state index in [9.17, 15) is 23.1 Å². The van der Waals surface area contributed by atoms with Gasteiger partial charge in [0.25, 0.3) is 0 Å². The number of nitrogens with one attached hydrogen (secondary N) is 1. The minimum Gasteiger partial charge on any atom is -0.508 e. The summed E-state index contributed by atoms with van der Waals surface area (Å²) < 4.78 is 44.2. The zero-order valence-electron chi connectivity index (χ0n) is 16.7. The number of nitrogens with zero attached hydrogens (tertiary/aromatic N) is 1. The summed E-state index contributed by atoms with van der Waals surface area (Å²) in [4.78, 5) is 14.4. The summed E-state index contributed by atoms with van der Waals surface area (Å²) in [6.45, 7) is 1.15. The topological polar surface area (TPSA) is 61.8 Å². The molecule has 0 spiro atoms. The number of benzene rings is 2. The number of aromatic hydroxyl groups is 1. The molecule has 0 aromatic heterocycles. The van der Waals surface area contributed by atoms with Gasteiger partial charge >= 0.3 is 12.2 Å². The molecule has 1 fully saturated rings. The van der Waals surface area contributed by atoms with E-state index in [1.165, 1.54) is 13.2 Å². The number of urea groups is 1. The molecular weight excluding hydrogens is 397 g/mol. The molecule has 2 aromatic rings. The largest absolute Gasteiger partial charge is 0.508 e. The van der Waals surface area contributed by atoms with Gasteiger partial charge in [-0.3, -0.25) is 0 Å². The smallest absolute Gasteiger partial charge is 0.416 e. The maximum Gasteiger partial charge on any atom is 0.416 e. The van der Waals surface area contributed by atoms with E-state index in [-0.39, 0.29) is 18.4 Å². The first kappa shape index (κ1) is 22.0. The quantitative estimate of drug-likeness (QED) is 0.735. The van der Waals surface area contributed by atoms with Crippen LogP contribution in [0.15, 0.2) is 48.5 Å². The van der Waals surface area contributed by atoms with Gasteiger partial charge in [-0.1, -0.05) is 24.3 Å². The van der Waals surface area contributed by atoms with Gasteiger partial charge in [-0.25, -0.2) is 4.79 Å². The van der Waals surface area contributed by atoms with Crippen molar-refractivity contribution in [1.82, 2.24) is 10.2 Å². The number of hydrogen-bond donors (Lipinski definition) is 2. The molecule has 5 nitrogen and oxygen atoms in total. The standard InChI is InChI=1S/C22H25F3N2O3/c1-30-14-20(17-3-2-4-18(13-17)22(23,24)25)26-21(29)27-11-9-16(10-12-27)15-5-7-19(28)8-6-15/h2-8,13,16,20,28H,9-12,14H2,1H3,(H,26,29). The van der Waals surface area contributed by atoms with Gasteiger partial charge in [0.1, 0.15) is 5.75 Å². The normalized spacial score (nSPS) is 16.3. The summed E-state index contributed by atoms with van der Waals surface area (Å²) in [6.07, 6.45) is -2.90. The number of rotatable bonds is 5. The summed E-state index contributed by atoms with van der Waals surface area (Å²) in [5.41, 5.74) is 0.707. The van der Waals surface area contributed by atoms with E-state index in [0.717, 1.165) is 30.5 Å². The number of phenolic OH excluding ortho intramolecular Hbond substituents is 1. The second-order valence-electron chi connectivity index (χ2n) is 7.43. The Bertz CT molecular complexity index is 847. The molecule has 3 rings (SSSR count). The Morgan fingerprint density at radius 2 is 1.87 bits per heavy atom. The molecule has 2 amide bonds. The van der Waals surface area contributed by atoms with Crippen molar-refractivity contribution in [2.24, 2.45) is 0 Å². The molecule has 1 aliphatic heterocycles. The fourth-order valence-corrected chi connectivity index (χ4v) is 3.72. The molecule has 0 radical (unpaired) electrons. The van der Waals surface area contributed by atoms with E-state index in [1.807, 2.05) is 12.1 Å². The molecule has 0 bridgehead atoms. The molecule has 1 aliphatic rings. The van der Waals surface area contributed by atoms with Gasteiger partial charge in [-0.2, -0.15) is 13.2 Å². The summed E-state index contributed by atoms with van der Waals surface area (Å²) in [5, 5.41) is 12.2. The van der Waals surface area contributed by atoms with Gasteiger partial charge in [-0.05, 0) is 54.2 Å². The average molecular weight is 422 g/mol. The highest BCUT2D eigenvalue weighted by Gasteiger charge is 2.31. The van der Waals surface area contributed by atoms with Crippen molar-refractivity contribution < 1.29 is 27.8 Å². The Kier molecular flexibility index (Phi) is 6.87. The molecule has 162 valence electrons. The summed E-state index contributed by atoms with van der Waals surface area (Å²) >= 11 is 0. The van der Waals surface area contributed by atoms with Crippen LogP contribution in [0.1, 0.15) is 41.5 Å². The van der Waals surface area contributed by atoms with Gasteiger partial charge in [-0.15, -0.1) is 0 Å². The molecule has 30 heavy (non-hydrogen) atoms. The maximum absolute atomic E-state index is 13.0. The van der Waals surface area contributed by atoms with E-state index in [2.05, 4.69) is 5.32 Å². The molecule has 0 aliphatic carbocycles. The van der Waals surface area contributed by atoms with Crippen LogP contribution in [0.5, 0.6) is 5.75 Å². The lowest BCUT2D eigenvalue weighted by Crippen LogP contribution is -2.46. The zero-order chi connectivity index (χ0) is 21.7. The summed E-state index contributed by atoms with van der Waals surface area (Å²) in [7, 11) is 1.44. The predicted molar refractivity (Wildman–Crippen MR) is 106 cm³/mol. The van der Waals surface area contributed by atoms with Crippen molar-refractivity contribution in [1.29, 1.82) is 0 Å². The molecule has 1 heterocycles. The maximum atomic E-state index is 13.0. The minimum atomic E-state index is -4.45. The van der Waals surface area contributed by atoms with E-state index >= 15 is 0 Å². The average Bonchev–Trinajstić information content (AvgIpc) is 2.73. The van der Waals surface area contributed by atoms with Crippen molar-refractivity contribution in [3.8, 4) is 5.75 Å². The first-order chi connectivity index (χ1) is 14.3. The van der Waals surface area contributed by atoms with E-state index in [1.54, 1.807) is 23.1 Å². The van der Waals surface area contributed by atoms with Gasteiger partial charge in [0.05, 0.1) is 18.2 Å². The van der Waals surface area contributed by atoms with E-state index in [0.29, 0.717) is 24.6 Å². The summed E-state index contributed by atoms with van der Waals surface area (Å²) in [5.74, 6) is 0.516. The third-order valence-electron chi connectivity index (χ3n) is 5.39. The van der Waals surface area contributed by atoms with Crippen molar-refractivity contribution >= 4 is 6.03 Å². The number of carbonyl (C=O) groups is 1. The first-order valence-electron chi connectivity index (χ1n) is 9.78. The van der Waals surface area contributed by atoms with Gasteiger partial charge < -0.3 is 20.1 Å². The molecule has 8 heteroatoms. The highest BCUT2D eigenvalue weighted by molar-refractivity contribution is 5.75. The van der Waals surface area contributed by atoms with Crippen LogP contribution in [0.3, 0.4) is 0 Å². The lowest BCUT2D eigenvalue weighted by Gasteiger charge is -2.33. The van der Waals surface area contributed by atoms with Crippen LogP contribution in [0.4, 0.5) is 18.0 Å². The fourth-order valence-electron chi connectivity index (χ4n) is 3.72. The number of piperidine rings is 1. The van der Waals surface area contributed by atoms with Crippen molar-refractivity contribution in [2.75, 3.05) is 26.8 Å². The van der Waals surface area contributed by atoms with E-state index < -0.39 is 17.8 Å². The van der Waals surface area contributed by atoms with Crippen LogP contribution in [0, 0.1) is 0 Å². The lowest BCUT2D eigenvalue weighted by atomic mass is 9.89. The van der Waals surface area contributed by atoms with Crippen LogP contribution in [0.2, 0.25) is 0 Å². The van der Waals surface area contributed by atoms with E-state index in [4.69, 9.17) is 4.74 Å². The second-order valence-corrected chi connectivity index (χ2v) is 7.43. The third kappa shape index (κ3) is 5.44. The minimum absolute atomic E-state index is 0.0665. The Labute approximate surface area is 173 Å². The summed E-state index contributed by atoms with van der Waals surface area (Å²) in [6, 6.07) is 11.0. The fraction of sp³-hybridized carbons (Fsp3) is 0.409. The van der Waals surface area contributed by atoms with Crippen LogP contribution < -0.4 is 5.32 Å². The Morgan fingerprint density at radius 3 is 2.47 bits per heavy atom.